The molecule has 0 spiro atoms. The van der Waals surface area contributed by atoms with E-state index >= 15 is 0 Å². The zero-order valence-electron chi connectivity index (χ0n) is 8.59. The van der Waals surface area contributed by atoms with Crippen LogP contribution in [-0.4, -0.2) is 0 Å². The van der Waals surface area contributed by atoms with Crippen LogP contribution in [0, 0.1) is 5.92 Å². The molecule has 0 radical (unpaired) electrons. The van der Waals surface area contributed by atoms with Crippen LogP contribution in [0.2, 0.25) is 0 Å². The predicted molar refractivity (Wildman–Crippen MR) is 60.5 cm³/mol. The van der Waals surface area contributed by atoms with Crippen LogP contribution in [0.1, 0.15) is 38.5 Å². The van der Waals surface area contributed by atoms with Crippen LogP contribution in [0.5, 0.6) is 0 Å². The molecule has 4 heteroatoms. The van der Waals surface area contributed by atoms with E-state index in [0.717, 1.165) is 23.3 Å². The third-order valence-corrected chi connectivity index (χ3v) is 3.03. The van der Waals surface area contributed by atoms with Gasteiger partial charge in [0.25, 0.3) is 0 Å². The molecule has 0 aliphatic rings. The summed E-state index contributed by atoms with van der Waals surface area (Å²) >= 11 is 3.29. The molecule has 14 heavy (non-hydrogen) atoms. The number of nitrogens with one attached hydrogen (secondary N) is 1. The zero-order valence-corrected chi connectivity index (χ0v) is 10.2. The van der Waals surface area contributed by atoms with Gasteiger partial charge in [-0.1, -0.05) is 26.7 Å². The Labute approximate surface area is 93.1 Å². The van der Waals surface area contributed by atoms with Crippen LogP contribution < -0.4 is 11.3 Å². The summed E-state index contributed by atoms with van der Waals surface area (Å²) in [6, 6.07) is 3.95. The highest BCUT2D eigenvalue weighted by Gasteiger charge is 2.21. The smallest absolute Gasteiger partial charge is 0.169 e. The number of rotatable bonds is 5. The molecule has 3 nitrogen and oxygen atoms in total. The van der Waals surface area contributed by atoms with Gasteiger partial charge in [0.1, 0.15) is 5.76 Å². The Morgan fingerprint density at radius 1 is 1.43 bits per heavy atom. The van der Waals surface area contributed by atoms with E-state index in [4.69, 9.17) is 10.3 Å². The van der Waals surface area contributed by atoms with Crippen molar-refractivity contribution in [1.29, 1.82) is 0 Å². The fourth-order valence-electron chi connectivity index (χ4n) is 1.71. The lowest BCUT2D eigenvalue weighted by Gasteiger charge is -2.22. The number of nitrogens with two attached hydrogens (primary N) is 1. The van der Waals surface area contributed by atoms with Gasteiger partial charge in [-0.3, -0.25) is 5.84 Å². The molecule has 1 rings (SSSR count). The molecule has 1 atom stereocenters. The second kappa shape index (κ2) is 5.53. The average molecular weight is 261 g/mol. The minimum atomic E-state index is 0.108. The maximum absolute atomic E-state index is 5.54. The molecule has 0 aliphatic carbocycles. The van der Waals surface area contributed by atoms with Gasteiger partial charge in [-0.2, -0.15) is 0 Å². The molecule has 1 unspecified atom stereocenters. The van der Waals surface area contributed by atoms with Crippen molar-refractivity contribution in [2.45, 2.75) is 32.7 Å². The topological polar surface area (TPSA) is 51.2 Å². The number of furan rings is 1. The van der Waals surface area contributed by atoms with E-state index in [1.165, 1.54) is 0 Å². The lowest BCUT2D eigenvalue weighted by molar-refractivity contribution is 0.294. The van der Waals surface area contributed by atoms with Crippen molar-refractivity contribution < 1.29 is 4.42 Å². The fraction of sp³-hybridized carbons (Fsp3) is 0.600. The van der Waals surface area contributed by atoms with E-state index < -0.39 is 0 Å². The van der Waals surface area contributed by atoms with Crippen molar-refractivity contribution in [3.63, 3.8) is 0 Å². The summed E-state index contributed by atoms with van der Waals surface area (Å²) < 4.78 is 6.24. The lowest BCUT2D eigenvalue weighted by Crippen LogP contribution is -2.32. The molecular weight excluding hydrogens is 244 g/mol. The highest BCUT2D eigenvalue weighted by Crippen LogP contribution is 2.29. The van der Waals surface area contributed by atoms with Crippen molar-refractivity contribution in [2.24, 2.45) is 11.8 Å². The van der Waals surface area contributed by atoms with Gasteiger partial charge in [0.2, 0.25) is 0 Å². The molecule has 1 aromatic heterocycles. The summed E-state index contributed by atoms with van der Waals surface area (Å²) in [5.41, 5.74) is 2.82. The van der Waals surface area contributed by atoms with Crippen molar-refractivity contribution in [3.8, 4) is 0 Å². The normalized spacial score (nSPS) is 13.5. The Morgan fingerprint density at radius 2 is 2.07 bits per heavy atom. The molecular formula is C10H17BrN2O. The monoisotopic (exact) mass is 260 g/mol. The predicted octanol–water partition coefficient (Wildman–Crippen LogP) is 2.98. The van der Waals surface area contributed by atoms with Crippen LogP contribution >= 0.6 is 15.9 Å². The average Bonchev–Trinajstić information content (AvgIpc) is 2.60. The first-order chi connectivity index (χ1) is 6.72. The fourth-order valence-corrected chi connectivity index (χ4v) is 2.03. The van der Waals surface area contributed by atoms with Gasteiger partial charge in [0, 0.05) is 0 Å². The number of hydrogen-bond donors (Lipinski definition) is 2. The highest BCUT2D eigenvalue weighted by molar-refractivity contribution is 9.10. The standard InChI is InChI=1S/C10H17BrN2O/c1-3-7(4-2)10(13-12)8-5-6-9(11)14-8/h5-7,10,13H,3-4,12H2,1-2H3. The lowest BCUT2D eigenvalue weighted by atomic mass is 9.93. The Bertz CT molecular complexity index is 271. The van der Waals surface area contributed by atoms with E-state index in [9.17, 15) is 0 Å². The summed E-state index contributed by atoms with van der Waals surface area (Å²) in [5.74, 6) is 6.95. The third kappa shape index (κ3) is 2.59. The molecule has 1 heterocycles. The van der Waals surface area contributed by atoms with Crippen molar-refractivity contribution in [2.75, 3.05) is 0 Å². The van der Waals surface area contributed by atoms with Gasteiger partial charge < -0.3 is 4.42 Å². The Morgan fingerprint density at radius 3 is 2.43 bits per heavy atom. The first kappa shape index (κ1) is 11.8. The third-order valence-electron chi connectivity index (χ3n) is 2.60. The molecule has 80 valence electrons. The Kier molecular flexibility index (Phi) is 4.65. The molecule has 1 aromatic rings. The number of hydrazine groups is 1. The SMILES string of the molecule is CCC(CC)C(NN)c1ccc(Br)o1. The summed E-state index contributed by atoms with van der Waals surface area (Å²) in [5, 5.41) is 0. The zero-order chi connectivity index (χ0) is 10.6. The Hall–Kier alpha value is -0.320. The first-order valence-electron chi connectivity index (χ1n) is 4.94. The van der Waals surface area contributed by atoms with Gasteiger partial charge in [-0.25, -0.2) is 5.43 Å². The van der Waals surface area contributed by atoms with Gasteiger partial charge in [-0.15, -0.1) is 0 Å². The van der Waals surface area contributed by atoms with E-state index in [0.29, 0.717) is 5.92 Å². The van der Waals surface area contributed by atoms with Crippen LogP contribution in [0.25, 0.3) is 0 Å². The van der Waals surface area contributed by atoms with Crippen molar-refractivity contribution in [1.82, 2.24) is 5.43 Å². The molecule has 0 saturated heterocycles. The van der Waals surface area contributed by atoms with Crippen molar-refractivity contribution >= 4 is 15.9 Å². The summed E-state index contributed by atoms with van der Waals surface area (Å²) in [4.78, 5) is 0. The maximum Gasteiger partial charge on any atom is 0.169 e. The maximum atomic E-state index is 5.54. The number of hydrogen-bond acceptors (Lipinski definition) is 3. The summed E-state index contributed by atoms with van der Waals surface area (Å²) in [6.45, 7) is 4.33. The molecule has 0 amide bonds. The molecule has 0 aromatic carbocycles. The molecule has 0 bridgehead atoms. The quantitative estimate of drug-likeness (QED) is 0.632. The molecule has 0 saturated carbocycles. The van der Waals surface area contributed by atoms with E-state index in [-0.39, 0.29) is 6.04 Å². The summed E-state index contributed by atoms with van der Waals surface area (Å²) in [6.07, 6.45) is 2.17. The molecule has 0 aliphatic heterocycles. The van der Waals surface area contributed by atoms with E-state index in [2.05, 4.69) is 35.2 Å². The van der Waals surface area contributed by atoms with Gasteiger partial charge in [0.05, 0.1) is 6.04 Å². The second-order valence-corrected chi connectivity index (χ2v) is 4.14. The summed E-state index contributed by atoms with van der Waals surface area (Å²) in [7, 11) is 0. The minimum absolute atomic E-state index is 0.108. The first-order valence-corrected chi connectivity index (χ1v) is 5.73. The van der Waals surface area contributed by atoms with Crippen LogP contribution in [0.15, 0.2) is 21.2 Å². The van der Waals surface area contributed by atoms with Crippen LogP contribution in [-0.2, 0) is 0 Å². The van der Waals surface area contributed by atoms with E-state index in [1.54, 1.807) is 0 Å². The largest absolute Gasteiger partial charge is 0.453 e. The van der Waals surface area contributed by atoms with Crippen molar-refractivity contribution in [3.05, 3.63) is 22.6 Å². The molecule has 0 fully saturated rings. The van der Waals surface area contributed by atoms with Crippen LogP contribution in [0.4, 0.5) is 0 Å². The Balaban J connectivity index is 2.80. The van der Waals surface area contributed by atoms with Crippen LogP contribution in [0.3, 0.4) is 0 Å². The minimum Gasteiger partial charge on any atom is -0.453 e. The second-order valence-electron chi connectivity index (χ2n) is 3.36. The van der Waals surface area contributed by atoms with Gasteiger partial charge in [0.15, 0.2) is 4.67 Å². The molecule has 3 N–H and O–H groups in total. The van der Waals surface area contributed by atoms with E-state index in [1.807, 2.05) is 12.1 Å². The van der Waals surface area contributed by atoms with Gasteiger partial charge in [-0.05, 0) is 34.0 Å². The van der Waals surface area contributed by atoms with Gasteiger partial charge >= 0.3 is 0 Å². The number of halogens is 1. The highest BCUT2D eigenvalue weighted by atomic mass is 79.9.